The van der Waals surface area contributed by atoms with Crippen molar-refractivity contribution in [2.24, 2.45) is 0 Å². The Kier molecular flexibility index (Phi) is 4.63. The van der Waals surface area contributed by atoms with Crippen LogP contribution in [-0.2, 0) is 11.3 Å². The van der Waals surface area contributed by atoms with Gasteiger partial charge in [0.25, 0.3) is 0 Å². The van der Waals surface area contributed by atoms with Crippen molar-refractivity contribution in [2.45, 2.75) is 26.8 Å². The summed E-state index contributed by atoms with van der Waals surface area (Å²) in [7, 11) is 0. The van der Waals surface area contributed by atoms with Gasteiger partial charge < -0.3 is 15.2 Å². The van der Waals surface area contributed by atoms with E-state index in [-0.39, 0.29) is 5.91 Å². The first-order valence-electron chi connectivity index (χ1n) is 8.26. The molecule has 0 aliphatic heterocycles. The molecule has 4 nitrogen and oxygen atoms in total. The summed E-state index contributed by atoms with van der Waals surface area (Å²) in [5.74, 6) is -0.00275. The average Bonchev–Trinajstić information content (AvgIpc) is 2.88. The number of nitrogens with one attached hydrogen (secondary N) is 2. The molecular weight excluding hydrogens is 286 g/mol. The minimum atomic E-state index is -0.00275. The summed E-state index contributed by atoms with van der Waals surface area (Å²) in [6.07, 6.45) is 1.02. The van der Waals surface area contributed by atoms with Crippen LogP contribution in [0.5, 0.6) is 0 Å². The first-order valence-corrected chi connectivity index (χ1v) is 8.26. The number of carbonyl (C=O) groups excluding carboxylic acids is 1. The number of hydrogen-bond donors (Lipinski definition) is 2. The van der Waals surface area contributed by atoms with Crippen LogP contribution in [0.1, 0.15) is 20.3 Å². The van der Waals surface area contributed by atoms with Crippen LogP contribution < -0.4 is 10.6 Å². The lowest BCUT2D eigenvalue weighted by Crippen LogP contribution is -2.28. The second kappa shape index (κ2) is 6.84. The fourth-order valence-electron chi connectivity index (χ4n) is 3.06. The van der Waals surface area contributed by atoms with Crippen LogP contribution in [0.25, 0.3) is 21.8 Å². The fraction of sp³-hybridized carbons (Fsp3) is 0.316. The van der Waals surface area contributed by atoms with Gasteiger partial charge in [-0.2, -0.15) is 0 Å². The Bertz CT molecular complexity index is 835. The maximum atomic E-state index is 12.0. The average molecular weight is 309 g/mol. The second-order valence-corrected chi connectivity index (χ2v) is 5.72. The van der Waals surface area contributed by atoms with E-state index in [0.29, 0.717) is 6.54 Å². The normalized spacial score (nSPS) is 11.2. The second-order valence-electron chi connectivity index (χ2n) is 5.72. The molecular formula is C19H23N3O. The summed E-state index contributed by atoms with van der Waals surface area (Å²) >= 11 is 0. The van der Waals surface area contributed by atoms with Crippen molar-refractivity contribution < 1.29 is 4.79 Å². The number of aromatic nitrogens is 1. The molecule has 3 rings (SSSR count). The van der Waals surface area contributed by atoms with Crippen LogP contribution in [0.15, 0.2) is 42.5 Å². The van der Waals surface area contributed by atoms with Gasteiger partial charge >= 0.3 is 0 Å². The molecule has 2 N–H and O–H groups in total. The number of benzene rings is 2. The Hall–Kier alpha value is -2.33. The molecule has 0 unspecified atom stereocenters. The smallest absolute Gasteiger partial charge is 0.238 e. The van der Waals surface area contributed by atoms with Gasteiger partial charge in [-0.3, -0.25) is 4.79 Å². The number of para-hydroxylation sites is 1. The standard InChI is InChI=1S/C19H23N3O/c1-3-11-20-13-19(23)21-14-9-10-18-16(12-14)15-7-5-6-8-17(15)22(18)4-2/h5-10,12,20H,3-4,11,13H2,1-2H3,(H,21,23). The summed E-state index contributed by atoms with van der Waals surface area (Å²) in [4.78, 5) is 12.0. The van der Waals surface area contributed by atoms with E-state index in [1.54, 1.807) is 0 Å². The summed E-state index contributed by atoms with van der Waals surface area (Å²) in [6.45, 7) is 6.37. The van der Waals surface area contributed by atoms with Crippen LogP contribution in [0.4, 0.5) is 5.69 Å². The van der Waals surface area contributed by atoms with E-state index in [2.05, 4.69) is 65.4 Å². The number of carbonyl (C=O) groups is 1. The van der Waals surface area contributed by atoms with Crippen LogP contribution in [0.2, 0.25) is 0 Å². The largest absolute Gasteiger partial charge is 0.341 e. The van der Waals surface area contributed by atoms with Crippen LogP contribution in [-0.4, -0.2) is 23.6 Å². The highest BCUT2D eigenvalue weighted by Crippen LogP contribution is 2.30. The lowest BCUT2D eigenvalue weighted by Gasteiger charge is -2.07. The molecule has 0 saturated carbocycles. The maximum Gasteiger partial charge on any atom is 0.238 e. The van der Waals surface area contributed by atoms with Gasteiger partial charge in [-0.15, -0.1) is 0 Å². The van der Waals surface area contributed by atoms with Crippen molar-refractivity contribution in [3.63, 3.8) is 0 Å². The molecule has 0 aliphatic carbocycles. The first-order chi connectivity index (χ1) is 11.2. The lowest BCUT2D eigenvalue weighted by atomic mass is 10.1. The zero-order chi connectivity index (χ0) is 16.2. The molecule has 0 aliphatic rings. The van der Waals surface area contributed by atoms with Gasteiger partial charge in [0.15, 0.2) is 0 Å². The van der Waals surface area contributed by atoms with Crippen molar-refractivity contribution >= 4 is 33.4 Å². The number of aryl methyl sites for hydroxylation is 1. The third-order valence-electron chi connectivity index (χ3n) is 4.08. The molecule has 0 spiro atoms. The lowest BCUT2D eigenvalue weighted by molar-refractivity contribution is -0.115. The van der Waals surface area contributed by atoms with Gasteiger partial charge in [-0.25, -0.2) is 0 Å². The van der Waals surface area contributed by atoms with Gasteiger partial charge in [0, 0.05) is 34.0 Å². The number of fused-ring (bicyclic) bond motifs is 3. The minimum Gasteiger partial charge on any atom is -0.341 e. The van der Waals surface area contributed by atoms with Crippen LogP contribution in [0, 0.1) is 0 Å². The van der Waals surface area contributed by atoms with Crippen molar-refractivity contribution in [1.29, 1.82) is 0 Å². The number of nitrogens with zero attached hydrogens (tertiary/aromatic N) is 1. The van der Waals surface area contributed by atoms with E-state index in [4.69, 9.17) is 0 Å². The molecule has 23 heavy (non-hydrogen) atoms. The number of rotatable bonds is 6. The Labute approximate surface area is 136 Å². The van der Waals surface area contributed by atoms with Crippen molar-refractivity contribution in [2.75, 3.05) is 18.4 Å². The monoisotopic (exact) mass is 309 g/mol. The highest BCUT2D eigenvalue weighted by Gasteiger charge is 2.10. The Balaban J connectivity index is 1.93. The zero-order valence-corrected chi connectivity index (χ0v) is 13.7. The molecule has 2 aromatic carbocycles. The highest BCUT2D eigenvalue weighted by atomic mass is 16.1. The number of amides is 1. The molecule has 120 valence electrons. The van der Waals surface area contributed by atoms with Gasteiger partial charge in [-0.1, -0.05) is 25.1 Å². The molecule has 1 amide bonds. The van der Waals surface area contributed by atoms with Gasteiger partial charge in [0.2, 0.25) is 5.91 Å². The SMILES string of the molecule is CCCNCC(=O)Nc1ccc2c(c1)c1ccccc1n2CC. The zero-order valence-electron chi connectivity index (χ0n) is 13.7. The van der Waals surface area contributed by atoms with Gasteiger partial charge in [0.1, 0.15) is 0 Å². The van der Waals surface area contributed by atoms with Crippen molar-refractivity contribution in [3.8, 4) is 0 Å². The molecule has 0 radical (unpaired) electrons. The van der Waals surface area contributed by atoms with Crippen LogP contribution in [0.3, 0.4) is 0 Å². The van der Waals surface area contributed by atoms with Gasteiger partial charge in [-0.05, 0) is 44.2 Å². The van der Waals surface area contributed by atoms with Crippen LogP contribution >= 0.6 is 0 Å². The molecule has 3 aromatic rings. The summed E-state index contributed by atoms with van der Waals surface area (Å²) < 4.78 is 2.30. The molecule has 1 heterocycles. The van der Waals surface area contributed by atoms with E-state index in [9.17, 15) is 4.79 Å². The molecule has 4 heteroatoms. The Morgan fingerprint density at radius 1 is 1.04 bits per heavy atom. The van der Waals surface area contributed by atoms with Crippen molar-refractivity contribution in [3.05, 3.63) is 42.5 Å². The van der Waals surface area contributed by atoms with E-state index in [1.807, 2.05) is 6.07 Å². The predicted octanol–water partition coefficient (Wildman–Crippen LogP) is 3.75. The first kappa shape index (κ1) is 15.6. The van der Waals surface area contributed by atoms with E-state index in [1.165, 1.54) is 21.8 Å². The van der Waals surface area contributed by atoms with Crippen molar-refractivity contribution in [1.82, 2.24) is 9.88 Å². The number of anilines is 1. The fourth-order valence-corrected chi connectivity index (χ4v) is 3.06. The Morgan fingerprint density at radius 2 is 1.83 bits per heavy atom. The summed E-state index contributed by atoms with van der Waals surface area (Å²) in [6, 6.07) is 14.5. The molecule has 0 fully saturated rings. The summed E-state index contributed by atoms with van der Waals surface area (Å²) in [5.41, 5.74) is 3.29. The Morgan fingerprint density at radius 3 is 2.61 bits per heavy atom. The third kappa shape index (κ3) is 3.08. The predicted molar refractivity (Wildman–Crippen MR) is 96.9 cm³/mol. The van der Waals surface area contributed by atoms with E-state index < -0.39 is 0 Å². The minimum absolute atomic E-state index is 0.00275. The quantitative estimate of drug-likeness (QED) is 0.681. The number of hydrogen-bond acceptors (Lipinski definition) is 2. The van der Waals surface area contributed by atoms with E-state index >= 15 is 0 Å². The maximum absolute atomic E-state index is 12.0. The van der Waals surface area contributed by atoms with E-state index in [0.717, 1.165) is 25.2 Å². The topological polar surface area (TPSA) is 46.1 Å². The summed E-state index contributed by atoms with van der Waals surface area (Å²) in [5, 5.41) is 8.50. The highest BCUT2D eigenvalue weighted by molar-refractivity contribution is 6.09. The molecule has 0 atom stereocenters. The molecule has 1 aromatic heterocycles. The van der Waals surface area contributed by atoms with Gasteiger partial charge in [0.05, 0.1) is 6.54 Å². The molecule has 0 bridgehead atoms. The molecule has 0 saturated heterocycles. The third-order valence-corrected chi connectivity index (χ3v) is 4.08.